The maximum Gasteiger partial charge on any atom is 0.309 e. The van der Waals surface area contributed by atoms with Crippen LogP contribution >= 0.6 is 0 Å². The van der Waals surface area contributed by atoms with Crippen molar-refractivity contribution in [1.29, 1.82) is 0 Å². The van der Waals surface area contributed by atoms with Gasteiger partial charge in [-0.05, 0) is 32.1 Å². The molecule has 4 heteroatoms. The lowest BCUT2D eigenvalue weighted by molar-refractivity contribution is -0.148. The summed E-state index contributed by atoms with van der Waals surface area (Å²) in [7, 11) is 0. The van der Waals surface area contributed by atoms with Crippen LogP contribution in [0.2, 0.25) is 0 Å². The van der Waals surface area contributed by atoms with Crippen LogP contribution in [0.15, 0.2) is 0 Å². The summed E-state index contributed by atoms with van der Waals surface area (Å²) in [6.45, 7) is 1.49. The molecule has 4 nitrogen and oxygen atoms in total. The highest BCUT2D eigenvalue weighted by Gasteiger charge is 2.58. The van der Waals surface area contributed by atoms with Gasteiger partial charge in [0.2, 0.25) is 5.91 Å². The Morgan fingerprint density at radius 3 is 2.14 bits per heavy atom. The molecule has 0 heterocycles. The van der Waals surface area contributed by atoms with Crippen LogP contribution in [0.4, 0.5) is 0 Å². The third kappa shape index (κ3) is 1.21. The minimum Gasteiger partial charge on any atom is -0.481 e. The highest BCUT2D eigenvalue weighted by molar-refractivity contribution is 5.78. The summed E-state index contributed by atoms with van der Waals surface area (Å²) in [5.41, 5.74) is -0.743. The number of amides is 1. The molecule has 2 N–H and O–H groups in total. The molecular weight excluding hydrogens is 182 g/mol. The molecule has 0 unspecified atom stereocenters. The smallest absolute Gasteiger partial charge is 0.309 e. The van der Waals surface area contributed by atoms with Crippen molar-refractivity contribution in [3.63, 3.8) is 0 Å². The van der Waals surface area contributed by atoms with Crippen molar-refractivity contribution in [2.75, 3.05) is 0 Å². The van der Waals surface area contributed by atoms with Crippen LogP contribution in [0.5, 0.6) is 0 Å². The number of carboxylic acid groups (broad SMARTS) is 1. The molecule has 1 amide bonds. The SMILES string of the molecule is CC(=O)NC12CCC(C(=O)O)(CC1)C2. The summed E-state index contributed by atoms with van der Waals surface area (Å²) in [6.07, 6.45) is 3.68. The molecule has 0 aromatic carbocycles. The Hall–Kier alpha value is -1.06. The van der Waals surface area contributed by atoms with Gasteiger partial charge in [-0.1, -0.05) is 0 Å². The molecule has 0 atom stereocenters. The second-order valence-corrected chi connectivity index (χ2v) is 4.72. The molecule has 0 aromatic heterocycles. The van der Waals surface area contributed by atoms with Crippen LogP contribution in [0.3, 0.4) is 0 Å². The third-order valence-electron chi connectivity index (χ3n) is 3.74. The van der Waals surface area contributed by atoms with Crippen molar-refractivity contribution < 1.29 is 14.7 Å². The highest BCUT2D eigenvalue weighted by atomic mass is 16.4. The molecule has 2 bridgehead atoms. The predicted octanol–water partition coefficient (Wildman–Crippen LogP) is 0.910. The van der Waals surface area contributed by atoms with Crippen LogP contribution in [-0.4, -0.2) is 22.5 Å². The van der Waals surface area contributed by atoms with Crippen molar-refractivity contribution in [3.05, 3.63) is 0 Å². The largest absolute Gasteiger partial charge is 0.481 e. The lowest BCUT2D eigenvalue weighted by atomic mass is 9.84. The van der Waals surface area contributed by atoms with Crippen molar-refractivity contribution >= 4 is 11.9 Å². The third-order valence-corrected chi connectivity index (χ3v) is 3.74. The molecule has 2 saturated carbocycles. The van der Waals surface area contributed by atoms with Gasteiger partial charge in [0.25, 0.3) is 0 Å². The van der Waals surface area contributed by atoms with Gasteiger partial charge < -0.3 is 10.4 Å². The summed E-state index contributed by atoms with van der Waals surface area (Å²) < 4.78 is 0. The van der Waals surface area contributed by atoms with E-state index in [1.165, 1.54) is 6.92 Å². The Bertz CT molecular complexity index is 290. The first-order valence-corrected chi connectivity index (χ1v) is 5.00. The van der Waals surface area contributed by atoms with Gasteiger partial charge in [0, 0.05) is 12.5 Å². The van der Waals surface area contributed by atoms with E-state index in [2.05, 4.69) is 5.32 Å². The van der Waals surface area contributed by atoms with Gasteiger partial charge in [0.05, 0.1) is 5.41 Å². The minimum atomic E-state index is -0.692. The number of carboxylic acids is 1. The fraction of sp³-hybridized carbons (Fsp3) is 0.800. The van der Waals surface area contributed by atoms with Gasteiger partial charge in [-0.3, -0.25) is 9.59 Å². The number of carbonyl (C=O) groups excluding carboxylic acids is 1. The minimum absolute atomic E-state index is 0.0481. The molecular formula is C10H15NO3. The van der Waals surface area contributed by atoms with Crippen molar-refractivity contribution in [2.45, 2.75) is 44.6 Å². The number of nitrogens with one attached hydrogen (secondary N) is 1. The highest BCUT2D eigenvalue weighted by Crippen LogP contribution is 2.56. The summed E-state index contributed by atoms with van der Waals surface area (Å²) >= 11 is 0. The topological polar surface area (TPSA) is 66.4 Å². The number of fused-ring (bicyclic) bond motifs is 2. The number of hydrogen-bond acceptors (Lipinski definition) is 2. The average Bonchev–Trinajstić information content (AvgIpc) is 2.58. The van der Waals surface area contributed by atoms with E-state index < -0.39 is 11.4 Å². The molecule has 0 aromatic rings. The molecule has 2 aliphatic carbocycles. The van der Waals surface area contributed by atoms with E-state index in [0.717, 1.165) is 12.8 Å². The first-order valence-electron chi connectivity index (χ1n) is 5.00. The Labute approximate surface area is 82.7 Å². The Morgan fingerprint density at radius 1 is 1.21 bits per heavy atom. The zero-order valence-corrected chi connectivity index (χ0v) is 8.30. The van der Waals surface area contributed by atoms with Crippen LogP contribution in [-0.2, 0) is 9.59 Å². The maximum atomic E-state index is 11.1. The van der Waals surface area contributed by atoms with Gasteiger partial charge in [-0.25, -0.2) is 0 Å². The first kappa shape index (κ1) is 9.49. The van der Waals surface area contributed by atoms with E-state index in [9.17, 15) is 9.59 Å². The van der Waals surface area contributed by atoms with Gasteiger partial charge in [0.15, 0.2) is 0 Å². The van der Waals surface area contributed by atoms with Gasteiger partial charge in [-0.2, -0.15) is 0 Å². The fourth-order valence-corrected chi connectivity index (χ4v) is 3.04. The van der Waals surface area contributed by atoms with E-state index in [-0.39, 0.29) is 11.4 Å². The maximum absolute atomic E-state index is 11.1. The average molecular weight is 197 g/mol. The molecule has 14 heavy (non-hydrogen) atoms. The zero-order valence-electron chi connectivity index (χ0n) is 8.30. The molecule has 2 rings (SSSR count). The van der Waals surface area contributed by atoms with E-state index in [4.69, 9.17) is 5.11 Å². The summed E-state index contributed by atoms with van der Waals surface area (Å²) in [6, 6.07) is 0. The number of hydrogen-bond donors (Lipinski definition) is 2. The van der Waals surface area contributed by atoms with Gasteiger partial charge in [0.1, 0.15) is 0 Å². The number of rotatable bonds is 2. The van der Waals surface area contributed by atoms with E-state index >= 15 is 0 Å². The molecule has 0 spiro atoms. The summed E-state index contributed by atoms with van der Waals surface area (Å²) in [5.74, 6) is -0.740. The lowest BCUT2D eigenvalue weighted by Gasteiger charge is -2.27. The molecule has 0 saturated heterocycles. The van der Waals surface area contributed by atoms with E-state index in [1.54, 1.807) is 0 Å². The molecule has 2 fully saturated rings. The Morgan fingerprint density at radius 2 is 1.79 bits per heavy atom. The van der Waals surface area contributed by atoms with Crippen LogP contribution in [0, 0.1) is 5.41 Å². The van der Waals surface area contributed by atoms with Crippen LogP contribution in [0.25, 0.3) is 0 Å². The standard InChI is InChI=1S/C10H15NO3/c1-7(12)11-10-4-2-9(6-10,3-5-10)8(13)14/h2-6H2,1H3,(H,11,12)(H,13,14). The van der Waals surface area contributed by atoms with Crippen LogP contribution in [0.1, 0.15) is 39.0 Å². The second kappa shape index (κ2) is 2.72. The number of aliphatic carboxylic acids is 1. The van der Waals surface area contributed by atoms with Gasteiger partial charge in [-0.15, -0.1) is 0 Å². The summed E-state index contributed by atoms with van der Waals surface area (Å²) in [5, 5.41) is 12.1. The first-order chi connectivity index (χ1) is 6.48. The zero-order chi connectivity index (χ0) is 10.4. The lowest BCUT2D eigenvalue weighted by Crippen LogP contribution is -2.43. The molecule has 0 radical (unpaired) electrons. The molecule has 2 aliphatic rings. The second-order valence-electron chi connectivity index (χ2n) is 4.72. The van der Waals surface area contributed by atoms with Crippen molar-refractivity contribution in [1.82, 2.24) is 5.32 Å². The molecule has 0 aliphatic heterocycles. The van der Waals surface area contributed by atoms with Gasteiger partial charge >= 0.3 is 5.97 Å². The summed E-state index contributed by atoms with van der Waals surface area (Å²) in [4.78, 5) is 22.1. The monoisotopic (exact) mass is 197 g/mol. The Balaban J connectivity index is 2.16. The predicted molar refractivity (Wildman–Crippen MR) is 49.7 cm³/mol. The van der Waals surface area contributed by atoms with E-state index in [0.29, 0.717) is 19.3 Å². The van der Waals surface area contributed by atoms with Crippen LogP contribution < -0.4 is 5.32 Å². The normalized spacial score (nSPS) is 39.8. The number of carbonyl (C=O) groups is 2. The van der Waals surface area contributed by atoms with Crippen molar-refractivity contribution in [3.8, 4) is 0 Å². The van der Waals surface area contributed by atoms with Crippen molar-refractivity contribution in [2.24, 2.45) is 5.41 Å². The molecule has 78 valence electrons. The Kier molecular flexibility index (Phi) is 1.84. The van der Waals surface area contributed by atoms with E-state index in [1.807, 2.05) is 0 Å². The fourth-order valence-electron chi connectivity index (χ4n) is 3.04. The quantitative estimate of drug-likeness (QED) is 0.691.